The molecule has 0 amide bonds. The average Bonchev–Trinajstić information content (AvgIpc) is 3.65. The Hall–Kier alpha value is -7.23. The summed E-state index contributed by atoms with van der Waals surface area (Å²) in [5, 5.41) is 4.92. The fourth-order valence-corrected chi connectivity index (χ4v) is 8.57. The summed E-state index contributed by atoms with van der Waals surface area (Å²) in [6.07, 6.45) is 0. The number of aromatic nitrogens is 2. The van der Waals surface area contributed by atoms with E-state index in [0.717, 1.165) is 45.2 Å². The molecule has 0 radical (unpaired) electrons. The summed E-state index contributed by atoms with van der Waals surface area (Å²) in [6, 6.07) is 72.2. The minimum absolute atomic E-state index is 0.947. The second-order valence-electron chi connectivity index (χ2n) is 13.9. The standard InChI is InChI=1S/C51H33N3/c1-4-16-34(17-5-1)37-22-14-23-38(32-37)49-41-25-11-10-24-40(41)48(35-18-6-2-7-19-35)42-31-30-39(33-43(42)49)53-45-27-12-13-28-46(45)54-50-44(26-15-29-47(50)53)52-51(54)36-20-8-3-9-21-36/h1-33H. The van der Waals surface area contributed by atoms with Crippen LogP contribution in [0.15, 0.2) is 200 Å². The number of hydrogen-bond acceptors (Lipinski definition) is 2. The van der Waals surface area contributed by atoms with Gasteiger partial charge in [0.2, 0.25) is 0 Å². The number of fused-ring (bicyclic) bond motifs is 4. The topological polar surface area (TPSA) is 21.1 Å². The Morgan fingerprint density at radius 2 is 0.870 bits per heavy atom. The molecule has 54 heavy (non-hydrogen) atoms. The molecule has 0 N–H and O–H groups in total. The highest BCUT2D eigenvalue weighted by molar-refractivity contribution is 6.22. The van der Waals surface area contributed by atoms with E-state index >= 15 is 0 Å². The largest absolute Gasteiger partial charge is 0.306 e. The van der Waals surface area contributed by atoms with Gasteiger partial charge < -0.3 is 4.90 Å². The third-order valence-corrected chi connectivity index (χ3v) is 10.9. The molecule has 10 aromatic rings. The fourth-order valence-electron chi connectivity index (χ4n) is 8.57. The summed E-state index contributed by atoms with van der Waals surface area (Å²) >= 11 is 0. The Morgan fingerprint density at radius 1 is 0.333 bits per heavy atom. The van der Waals surface area contributed by atoms with Gasteiger partial charge in [-0.25, -0.2) is 4.98 Å². The summed E-state index contributed by atoms with van der Waals surface area (Å²) < 4.78 is 2.34. The molecule has 0 saturated carbocycles. The van der Waals surface area contributed by atoms with Crippen molar-refractivity contribution in [1.82, 2.24) is 9.55 Å². The lowest BCUT2D eigenvalue weighted by Crippen LogP contribution is -2.18. The van der Waals surface area contributed by atoms with Gasteiger partial charge >= 0.3 is 0 Å². The van der Waals surface area contributed by atoms with Gasteiger partial charge in [-0.05, 0) is 97.4 Å². The average molecular weight is 688 g/mol. The minimum atomic E-state index is 0.947. The number of imidazole rings is 1. The first-order valence-electron chi connectivity index (χ1n) is 18.5. The molecule has 0 saturated heterocycles. The van der Waals surface area contributed by atoms with E-state index < -0.39 is 0 Å². The molecule has 9 aromatic carbocycles. The lowest BCUT2D eigenvalue weighted by atomic mass is 9.85. The SMILES string of the molecule is c1ccc(-c2cccc(-c3c4ccccc4c(-c4ccccc4)c4ccc(N5c6ccccc6-n6c(-c7ccccc7)nc7cccc5c76)cc34)c2)cc1. The van der Waals surface area contributed by atoms with E-state index in [1.807, 2.05) is 0 Å². The lowest BCUT2D eigenvalue weighted by Gasteiger charge is -2.33. The summed E-state index contributed by atoms with van der Waals surface area (Å²) in [7, 11) is 0. The van der Waals surface area contributed by atoms with Gasteiger partial charge in [0.25, 0.3) is 0 Å². The van der Waals surface area contributed by atoms with Crippen LogP contribution < -0.4 is 4.90 Å². The van der Waals surface area contributed by atoms with Gasteiger partial charge in [-0.2, -0.15) is 0 Å². The van der Waals surface area contributed by atoms with Gasteiger partial charge in [-0.3, -0.25) is 4.57 Å². The summed E-state index contributed by atoms with van der Waals surface area (Å²) in [5.74, 6) is 0.947. The molecule has 3 nitrogen and oxygen atoms in total. The first kappa shape index (κ1) is 30.4. The maximum Gasteiger partial charge on any atom is 0.145 e. The zero-order valence-corrected chi connectivity index (χ0v) is 29.4. The normalized spacial score (nSPS) is 12.0. The number of rotatable bonds is 5. The van der Waals surface area contributed by atoms with Gasteiger partial charge in [0.1, 0.15) is 5.82 Å². The third kappa shape index (κ3) is 4.65. The van der Waals surface area contributed by atoms with Crippen LogP contribution in [0.3, 0.4) is 0 Å². The van der Waals surface area contributed by atoms with Crippen molar-refractivity contribution in [3.05, 3.63) is 200 Å². The van der Waals surface area contributed by atoms with Crippen molar-refractivity contribution in [1.29, 1.82) is 0 Å². The monoisotopic (exact) mass is 687 g/mol. The van der Waals surface area contributed by atoms with Crippen molar-refractivity contribution in [3.8, 4) is 50.5 Å². The molecule has 1 aliphatic heterocycles. The highest BCUT2D eigenvalue weighted by Gasteiger charge is 2.30. The molecule has 11 rings (SSSR count). The van der Waals surface area contributed by atoms with Crippen LogP contribution in [0.25, 0.3) is 83.0 Å². The number of nitrogens with zero attached hydrogens (tertiary/aromatic N) is 3. The molecule has 1 aromatic heterocycles. The minimum Gasteiger partial charge on any atom is -0.306 e. The maximum absolute atomic E-state index is 5.23. The Morgan fingerprint density at radius 3 is 1.61 bits per heavy atom. The molecule has 252 valence electrons. The molecule has 0 atom stereocenters. The van der Waals surface area contributed by atoms with Crippen LogP contribution >= 0.6 is 0 Å². The first-order chi connectivity index (χ1) is 26.8. The molecule has 0 aliphatic carbocycles. The fraction of sp³-hybridized carbons (Fsp3) is 0. The van der Waals surface area contributed by atoms with Crippen LogP contribution in [-0.2, 0) is 0 Å². The van der Waals surface area contributed by atoms with E-state index in [1.165, 1.54) is 54.9 Å². The van der Waals surface area contributed by atoms with Crippen molar-refractivity contribution >= 4 is 49.6 Å². The predicted octanol–water partition coefficient (Wildman–Crippen LogP) is 13.8. The predicted molar refractivity (Wildman–Crippen MR) is 226 cm³/mol. The molecule has 0 unspecified atom stereocenters. The van der Waals surface area contributed by atoms with Crippen molar-refractivity contribution < 1.29 is 0 Å². The van der Waals surface area contributed by atoms with E-state index in [9.17, 15) is 0 Å². The Labute approximate surface area is 313 Å². The van der Waals surface area contributed by atoms with Gasteiger partial charge in [0.05, 0.1) is 28.1 Å². The van der Waals surface area contributed by atoms with Gasteiger partial charge in [0, 0.05) is 11.3 Å². The summed E-state index contributed by atoms with van der Waals surface area (Å²) in [4.78, 5) is 7.66. The Kier molecular flexibility index (Phi) is 6.86. The number of anilines is 3. The molecule has 0 fully saturated rings. The highest BCUT2D eigenvalue weighted by atomic mass is 15.2. The van der Waals surface area contributed by atoms with E-state index in [0.29, 0.717) is 0 Å². The van der Waals surface area contributed by atoms with E-state index in [2.05, 4.69) is 210 Å². The Balaban J connectivity index is 1.22. The zero-order chi connectivity index (χ0) is 35.6. The highest BCUT2D eigenvalue weighted by Crippen LogP contribution is 2.51. The van der Waals surface area contributed by atoms with Gasteiger partial charge in [-0.1, -0.05) is 158 Å². The van der Waals surface area contributed by atoms with E-state index in [4.69, 9.17) is 4.98 Å². The van der Waals surface area contributed by atoms with Gasteiger partial charge in [0.15, 0.2) is 0 Å². The van der Waals surface area contributed by atoms with E-state index in [-0.39, 0.29) is 0 Å². The summed E-state index contributed by atoms with van der Waals surface area (Å²) in [5.41, 5.74) is 14.9. The quantitative estimate of drug-likeness (QED) is 0.168. The molecule has 1 aliphatic rings. The molecule has 0 bridgehead atoms. The van der Waals surface area contributed by atoms with Crippen LogP contribution in [0.4, 0.5) is 17.1 Å². The number of benzene rings is 9. The van der Waals surface area contributed by atoms with Crippen molar-refractivity contribution in [2.45, 2.75) is 0 Å². The summed E-state index contributed by atoms with van der Waals surface area (Å²) in [6.45, 7) is 0. The molecular weight excluding hydrogens is 655 g/mol. The molecule has 0 spiro atoms. The second kappa shape index (κ2) is 12.2. The van der Waals surface area contributed by atoms with Crippen LogP contribution in [0.2, 0.25) is 0 Å². The zero-order valence-electron chi connectivity index (χ0n) is 29.4. The van der Waals surface area contributed by atoms with Gasteiger partial charge in [-0.15, -0.1) is 0 Å². The number of hydrogen-bond donors (Lipinski definition) is 0. The van der Waals surface area contributed by atoms with Crippen LogP contribution in [0.1, 0.15) is 0 Å². The lowest BCUT2D eigenvalue weighted by molar-refractivity contribution is 1.06. The van der Waals surface area contributed by atoms with Crippen LogP contribution in [0, 0.1) is 0 Å². The van der Waals surface area contributed by atoms with E-state index in [1.54, 1.807) is 0 Å². The van der Waals surface area contributed by atoms with Crippen molar-refractivity contribution in [3.63, 3.8) is 0 Å². The van der Waals surface area contributed by atoms with Crippen LogP contribution in [-0.4, -0.2) is 9.55 Å². The first-order valence-corrected chi connectivity index (χ1v) is 18.5. The second-order valence-corrected chi connectivity index (χ2v) is 13.9. The van der Waals surface area contributed by atoms with Crippen molar-refractivity contribution in [2.24, 2.45) is 0 Å². The molecular formula is C51H33N3. The van der Waals surface area contributed by atoms with Crippen molar-refractivity contribution in [2.75, 3.05) is 4.90 Å². The third-order valence-electron chi connectivity index (χ3n) is 10.9. The Bertz CT molecular complexity index is 3040. The molecule has 2 heterocycles. The number of para-hydroxylation sites is 3. The van der Waals surface area contributed by atoms with Crippen LogP contribution in [0.5, 0.6) is 0 Å². The smallest absolute Gasteiger partial charge is 0.145 e. The molecule has 3 heteroatoms. The maximum atomic E-state index is 5.23.